The van der Waals surface area contributed by atoms with Gasteiger partial charge >= 0.3 is 0 Å². The Bertz CT molecular complexity index is 798. The van der Waals surface area contributed by atoms with Crippen LogP contribution in [0.3, 0.4) is 0 Å². The molecule has 0 radical (unpaired) electrons. The zero-order chi connectivity index (χ0) is 18.6. The van der Waals surface area contributed by atoms with E-state index in [0.29, 0.717) is 22.5 Å². The van der Waals surface area contributed by atoms with Crippen LogP contribution in [0.2, 0.25) is 0 Å². The molecule has 1 aromatic heterocycles. The van der Waals surface area contributed by atoms with Crippen LogP contribution in [0, 0.1) is 17.2 Å². The number of nitriles is 1. The predicted octanol–water partition coefficient (Wildman–Crippen LogP) is 3.31. The zero-order valence-corrected chi connectivity index (χ0v) is 14.7. The number of nitrogens with zero attached hydrogens (tertiary/aromatic N) is 2. The second kappa shape index (κ2) is 7.75. The SMILES string of the molecule is CC(C)c1oncc1C(=O)NC(C(=O)c1ccc(C#N)cc1)C(C)C. The summed E-state index contributed by atoms with van der Waals surface area (Å²) in [6.07, 6.45) is 1.37. The predicted molar refractivity (Wildman–Crippen MR) is 92.2 cm³/mol. The molecule has 0 saturated carbocycles. The molecule has 1 amide bonds. The van der Waals surface area contributed by atoms with Crippen LogP contribution >= 0.6 is 0 Å². The molecule has 1 atom stereocenters. The van der Waals surface area contributed by atoms with Gasteiger partial charge in [0.1, 0.15) is 5.56 Å². The van der Waals surface area contributed by atoms with Gasteiger partial charge in [-0.05, 0) is 18.1 Å². The van der Waals surface area contributed by atoms with E-state index in [1.807, 2.05) is 33.8 Å². The van der Waals surface area contributed by atoms with E-state index in [9.17, 15) is 9.59 Å². The molecule has 2 rings (SSSR count). The number of ketones is 1. The third-order valence-corrected chi connectivity index (χ3v) is 3.90. The number of aromatic nitrogens is 1. The number of nitrogens with one attached hydrogen (secondary N) is 1. The number of hydrogen-bond donors (Lipinski definition) is 1. The van der Waals surface area contributed by atoms with Gasteiger partial charge in [-0.25, -0.2) is 0 Å². The van der Waals surface area contributed by atoms with E-state index in [4.69, 9.17) is 9.78 Å². The number of carbonyl (C=O) groups is 2. The summed E-state index contributed by atoms with van der Waals surface area (Å²) in [5.74, 6) is -0.184. The molecule has 1 N–H and O–H groups in total. The molecule has 25 heavy (non-hydrogen) atoms. The quantitative estimate of drug-likeness (QED) is 0.815. The van der Waals surface area contributed by atoms with Crippen molar-refractivity contribution >= 4 is 11.7 Å². The van der Waals surface area contributed by atoms with Crippen molar-refractivity contribution in [2.75, 3.05) is 0 Å². The van der Waals surface area contributed by atoms with Crippen molar-refractivity contribution in [2.45, 2.75) is 39.7 Å². The lowest BCUT2D eigenvalue weighted by molar-refractivity contribution is 0.0830. The molecular formula is C19H21N3O3. The summed E-state index contributed by atoms with van der Waals surface area (Å²) in [4.78, 5) is 25.3. The van der Waals surface area contributed by atoms with Gasteiger partial charge in [-0.15, -0.1) is 0 Å². The maximum absolute atomic E-state index is 12.8. The van der Waals surface area contributed by atoms with Crippen molar-refractivity contribution in [3.63, 3.8) is 0 Å². The molecule has 0 bridgehead atoms. The number of rotatable bonds is 6. The van der Waals surface area contributed by atoms with Gasteiger partial charge in [0.05, 0.1) is 23.9 Å². The van der Waals surface area contributed by atoms with E-state index in [1.165, 1.54) is 6.20 Å². The molecular weight excluding hydrogens is 318 g/mol. The standard InChI is InChI=1S/C19H21N3O3/c1-11(2)16(17(23)14-7-5-13(9-20)6-8-14)22-19(24)15-10-21-25-18(15)12(3)4/h5-8,10-12,16H,1-4H3,(H,22,24). The lowest BCUT2D eigenvalue weighted by atomic mass is 9.94. The highest BCUT2D eigenvalue weighted by atomic mass is 16.5. The Morgan fingerprint density at radius 3 is 2.32 bits per heavy atom. The minimum atomic E-state index is -0.685. The molecule has 2 aromatic rings. The first-order valence-corrected chi connectivity index (χ1v) is 8.15. The van der Waals surface area contributed by atoms with Gasteiger partial charge in [-0.3, -0.25) is 9.59 Å². The highest BCUT2D eigenvalue weighted by Gasteiger charge is 2.28. The van der Waals surface area contributed by atoms with Crippen molar-refractivity contribution in [3.8, 4) is 6.07 Å². The molecule has 0 saturated heterocycles. The van der Waals surface area contributed by atoms with Gasteiger partial charge in [0.2, 0.25) is 0 Å². The maximum atomic E-state index is 12.8. The molecule has 0 spiro atoms. The Kier molecular flexibility index (Phi) is 5.71. The topological polar surface area (TPSA) is 96.0 Å². The molecule has 6 heteroatoms. The maximum Gasteiger partial charge on any atom is 0.257 e. The number of carbonyl (C=O) groups excluding carboxylic acids is 2. The minimum Gasteiger partial charge on any atom is -0.360 e. The summed E-state index contributed by atoms with van der Waals surface area (Å²) in [7, 11) is 0. The van der Waals surface area contributed by atoms with Crippen molar-refractivity contribution < 1.29 is 14.1 Å². The summed E-state index contributed by atoms with van der Waals surface area (Å²) < 4.78 is 5.13. The van der Waals surface area contributed by atoms with Gasteiger partial charge < -0.3 is 9.84 Å². The fraction of sp³-hybridized carbons (Fsp3) is 0.368. The van der Waals surface area contributed by atoms with E-state index in [0.717, 1.165) is 0 Å². The van der Waals surface area contributed by atoms with Gasteiger partial charge in [0.15, 0.2) is 11.5 Å². The Labute approximate surface area is 146 Å². The number of amides is 1. The largest absolute Gasteiger partial charge is 0.360 e. The fourth-order valence-electron chi connectivity index (χ4n) is 2.48. The average Bonchev–Trinajstić information content (AvgIpc) is 3.09. The minimum absolute atomic E-state index is 0.00924. The summed E-state index contributed by atoms with van der Waals surface area (Å²) in [5, 5.41) is 15.3. The van der Waals surface area contributed by atoms with E-state index in [1.54, 1.807) is 24.3 Å². The van der Waals surface area contributed by atoms with Gasteiger partial charge in [0.25, 0.3) is 5.91 Å². The van der Waals surface area contributed by atoms with Crippen molar-refractivity contribution in [1.82, 2.24) is 10.5 Å². The van der Waals surface area contributed by atoms with Crippen molar-refractivity contribution in [1.29, 1.82) is 5.26 Å². The van der Waals surface area contributed by atoms with Crippen LogP contribution in [0.25, 0.3) is 0 Å². The number of Topliss-reactive ketones (excluding diaryl/α,β-unsaturated/α-hetero) is 1. The number of hydrogen-bond acceptors (Lipinski definition) is 5. The zero-order valence-electron chi connectivity index (χ0n) is 14.7. The molecule has 1 heterocycles. The van der Waals surface area contributed by atoms with E-state index < -0.39 is 6.04 Å². The van der Waals surface area contributed by atoms with Crippen LogP contribution in [0.1, 0.15) is 65.7 Å². The van der Waals surface area contributed by atoms with E-state index in [2.05, 4.69) is 10.5 Å². The molecule has 6 nitrogen and oxygen atoms in total. The summed E-state index contributed by atoms with van der Waals surface area (Å²) in [6, 6.07) is 7.70. The Morgan fingerprint density at radius 2 is 1.80 bits per heavy atom. The van der Waals surface area contributed by atoms with Gasteiger partial charge in [-0.2, -0.15) is 5.26 Å². The van der Waals surface area contributed by atoms with Crippen LogP contribution in [-0.2, 0) is 0 Å². The second-order valence-electron chi connectivity index (χ2n) is 6.51. The second-order valence-corrected chi connectivity index (χ2v) is 6.51. The van der Waals surface area contributed by atoms with Crippen LogP contribution in [-0.4, -0.2) is 22.9 Å². The summed E-state index contributed by atoms with van der Waals surface area (Å²) >= 11 is 0. The van der Waals surface area contributed by atoms with Crippen molar-refractivity contribution in [3.05, 3.63) is 52.9 Å². The van der Waals surface area contributed by atoms with Crippen LogP contribution in [0.15, 0.2) is 35.0 Å². The molecule has 0 fully saturated rings. The Morgan fingerprint density at radius 1 is 1.16 bits per heavy atom. The first-order valence-electron chi connectivity index (χ1n) is 8.15. The molecule has 130 valence electrons. The summed E-state index contributed by atoms with van der Waals surface area (Å²) in [6.45, 7) is 7.53. The molecule has 1 unspecified atom stereocenters. The lowest BCUT2D eigenvalue weighted by Crippen LogP contribution is -2.44. The van der Waals surface area contributed by atoms with Gasteiger partial charge in [0, 0.05) is 11.5 Å². The number of benzene rings is 1. The molecule has 0 aliphatic carbocycles. The molecule has 0 aliphatic heterocycles. The highest BCUT2D eigenvalue weighted by Crippen LogP contribution is 2.20. The Hall–Kier alpha value is -2.94. The average molecular weight is 339 g/mol. The van der Waals surface area contributed by atoms with Crippen LogP contribution < -0.4 is 5.32 Å². The smallest absolute Gasteiger partial charge is 0.257 e. The monoisotopic (exact) mass is 339 g/mol. The third kappa shape index (κ3) is 4.13. The normalized spacial score (nSPS) is 12.0. The first-order chi connectivity index (χ1) is 11.8. The molecule has 1 aromatic carbocycles. The van der Waals surface area contributed by atoms with E-state index in [-0.39, 0.29) is 23.5 Å². The highest BCUT2D eigenvalue weighted by molar-refractivity contribution is 6.04. The van der Waals surface area contributed by atoms with Crippen molar-refractivity contribution in [2.24, 2.45) is 5.92 Å². The Balaban J connectivity index is 2.22. The van der Waals surface area contributed by atoms with Crippen LogP contribution in [0.4, 0.5) is 0 Å². The van der Waals surface area contributed by atoms with Gasteiger partial charge in [-0.1, -0.05) is 45.0 Å². The first kappa shape index (κ1) is 18.4. The molecule has 0 aliphatic rings. The van der Waals surface area contributed by atoms with Crippen LogP contribution in [0.5, 0.6) is 0 Å². The van der Waals surface area contributed by atoms with E-state index >= 15 is 0 Å². The fourth-order valence-corrected chi connectivity index (χ4v) is 2.48. The lowest BCUT2D eigenvalue weighted by Gasteiger charge is -2.21. The summed E-state index contributed by atoms with van der Waals surface area (Å²) in [5.41, 5.74) is 1.27. The third-order valence-electron chi connectivity index (χ3n) is 3.90.